The van der Waals surface area contributed by atoms with Crippen LogP contribution in [-0.4, -0.2) is 28.9 Å². The summed E-state index contributed by atoms with van der Waals surface area (Å²) in [5, 5.41) is 9.61. The van der Waals surface area contributed by atoms with Gasteiger partial charge < -0.3 is 0 Å². The van der Waals surface area contributed by atoms with E-state index in [0.717, 1.165) is 19.3 Å². The zero-order valence-electron chi connectivity index (χ0n) is 18.8. The molecule has 0 amide bonds. The van der Waals surface area contributed by atoms with Gasteiger partial charge in [-0.15, -0.1) is 0 Å². The summed E-state index contributed by atoms with van der Waals surface area (Å²) in [6.07, 6.45) is 7.09. The molecule has 4 nitrogen and oxygen atoms in total. The Kier molecular flexibility index (Phi) is 8.40. The first-order valence-corrected chi connectivity index (χ1v) is 17.3. The van der Waals surface area contributed by atoms with Crippen molar-refractivity contribution in [2.24, 2.45) is 10.2 Å². The Hall–Kier alpha value is -2.19. The maximum atomic E-state index is 4.81. The molecular weight excluding hydrogens is 388 g/mol. The summed E-state index contributed by atoms with van der Waals surface area (Å²) in [5.41, 5.74) is 2.36. The molecule has 0 fully saturated rings. The Morgan fingerprint density at radius 2 is 0.966 bits per heavy atom. The van der Waals surface area contributed by atoms with E-state index < -0.39 is 16.5 Å². The number of hydrogen-bond acceptors (Lipinski definition) is 4. The summed E-state index contributed by atoms with van der Waals surface area (Å²) in [7, 11) is -3.14. The van der Waals surface area contributed by atoms with E-state index >= 15 is 0 Å². The van der Waals surface area contributed by atoms with Crippen molar-refractivity contribution < 1.29 is 0 Å². The van der Waals surface area contributed by atoms with Crippen LogP contribution >= 0.6 is 0 Å². The monoisotopic (exact) mass is 424 g/mol. The minimum atomic E-state index is -1.57. The van der Waals surface area contributed by atoms with Gasteiger partial charge in [-0.05, 0) is 82.8 Å². The standard InChI is InChI=1S/C23H36N4Si2/c1-28(2,3)26(22-16-10-7-11-17-22)24-20-14-9-15-21-25-27(29(4,5)6)23-18-12-8-13-19-23/h7-8,10-13,16-21H,9,14-15H2,1-6H3/b24-20+,25-21+. The molecule has 0 saturated heterocycles. The van der Waals surface area contributed by atoms with Crippen LogP contribution in [0.4, 0.5) is 11.4 Å². The van der Waals surface area contributed by atoms with E-state index in [1.165, 1.54) is 11.4 Å². The third kappa shape index (κ3) is 7.63. The van der Waals surface area contributed by atoms with Crippen molar-refractivity contribution in [2.75, 3.05) is 9.35 Å². The van der Waals surface area contributed by atoms with Crippen molar-refractivity contribution >= 4 is 40.3 Å². The van der Waals surface area contributed by atoms with E-state index in [9.17, 15) is 0 Å². The zero-order valence-corrected chi connectivity index (χ0v) is 20.8. The van der Waals surface area contributed by atoms with Gasteiger partial charge in [0, 0.05) is 23.8 Å². The molecule has 0 aliphatic carbocycles. The second kappa shape index (κ2) is 10.6. The van der Waals surface area contributed by atoms with Gasteiger partial charge in [-0.3, -0.25) is 9.35 Å². The fourth-order valence-corrected chi connectivity index (χ4v) is 5.68. The summed E-state index contributed by atoms with van der Waals surface area (Å²) in [5.74, 6) is 0. The van der Waals surface area contributed by atoms with E-state index in [1.807, 2.05) is 12.1 Å². The number of benzene rings is 2. The molecule has 0 atom stereocenters. The van der Waals surface area contributed by atoms with Crippen molar-refractivity contribution in [3.63, 3.8) is 0 Å². The van der Waals surface area contributed by atoms with Gasteiger partial charge in [-0.2, -0.15) is 10.2 Å². The number of rotatable bonds is 10. The molecule has 6 heteroatoms. The minimum Gasteiger partial charge on any atom is -0.296 e. The van der Waals surface area contributed by atoms with Crippen molar-refractivity contribution in [2.45, 2.75) is 58.5 Å². The van der Waals surface area contributed by atoms with Gasteiger partial charge in [-0.25, -0.2) is 0 Å². The lowest BCUT2D eigenvalue weighted by atomic mass is 10.3. The average Bonchev–Trinajstić information content (AvgIpc) is 2.66. The maximum Gasteiger partial charge on any atom is 0.176 e. The van der Waals surface area contributed by atoms with Crippen LogP contribution in [0.25, 0.3) is 0 Å². The second-order valence-electron chi connectivity index (χ2n) is 9.16. The van der Waals surface area contributed by atoms with Gasteiger partial charge in [0.05, 0.1) is 0 Å². The fourth-order valence-electron chi connectivity index (χ4n) is 2.97. The zero-order chi connectivity index (χ0) is 21.3. The molecular formula is C23H36N4Si2. The molecule has 156 valence electrons. The van der Waals surface area contributed by atoms with Gasteiger partial charge >= 0.3 is 0 Å². The van der Waals surface area contributed by atoms with Crippen molar-refractivity contribution in [1.82, 2.24) is 0 Å². The minimum absolute atomic E-state index is 0.956. The first-order valence-electron chi connectivity index (χ1n) is 10.4. The number of hydrazone groups is 2. The number of para-hydroxylation sites is 2. The number of nitrogens with zero attached hydrogens (tertiary/aromatic N) is 4. The molecule has 0 radical (unpaired) electrons. The first-order chi connectivity index (χ1) is 13.7. The van der Waals surface area contributed by atoms with E-state index in [1.54, 1.807) is 0 Å². The van der Waals surface area contributed by atoms with Gasteiger partial charge in [0.15, 0.2) is 16.5 Å². The lowest BCUT2D eigenvalue weighted by molar-refractivity contribution is 0.930. The molecule has 0 aliphatic heterocycles. The quantitative estimate of drug-likeness (QED) is 0.181. The Morgan fingerprint density at radius 1 is 0.621 bits per heavy atom. The maximum absolute atomic E-state index is 4.81. The lowest BCUT2D eigenvalue weighted by Crippen LogP contribution is -2.42. The molecule has 0 spiro atoms. The molecule has 29 heavy (non-hydrogen) atoms. The summed E-state index contributed by atoms with van der Waals surface area (Å²) < 4.78 is 4.45. The highest BCUT2D eigenvalue weighted by atomic mass is 28.3. The van der Waals surface area contributed by atoms with Gasteiger partial charge in [0.25, 0.3) is 0 Å². The Balaban J connectivity index is 1.90. The average molecular weight is 425 g/mol. The number of hydrogen-bond donors (Lipinski definition) is 0. The van der Waals surface area contributed by atoms with Crippen LogP contribution in [0.3, 0.4) is 0 Å². The number of anilines is 2. The third-order valence-electron chi connectivity index (χ3n) is 4.33. The molecule has 0 bridgehead atoms. The summed E-state index contributed by atoms with van der Waals surface area (Å²) in [4.78, 5) is 0. The van der Waals surface area contributed by atoms with E-state index in [4.69, 9.17) is 10.2 Å². The van der Waals surface area contributed by atoms with Crippen LogP contribution in [0, 0.1) is 0 Å². The van der Waals surface area contributed by atoms with E-state index in [0.29, 0.717) is 0 Å². The molecule has 0 unspecified atom stereocenters. The van der Waals surface area contributed by atoms with Crippen LogP contribution < -0.4 is 9.35 Å². The molecule has 0 N–H and O–H groups in total. The lowest BCUT2D eigenvalue weighted by Gasteiger charge is -2.31. The Labute approximate surface area is 179 Å². The molecule has 0 saturated carbocycles. The summed E-state index contributed by atoms with van der Waals surface area (Å²) in [6, 6.07) is 20.9. The van der Waals surface area contributed by atoms with Crippen molar-refractivity contribution in [1.29, 1.82) is 0 Å². The fraction of sp³-hybridized carbons (Fsp3) is 0.391. The van der Waals surface area contributed by atoms with Crippen molar-refractivity contribution in [3.8, 4) is 0 Å². The van der Waals surface area contributed by atoms with Crippen LogP contribution in [0.15, 0.2) is 70.9 Å². The first kappa shape index (κ1) is 23.1. The van der Waals surface area contributed by atoms with Gasteiger partial charge in [0.1, 0.15) is 0 Å². The normalized spacial score (nSPS) is 12.6. The molecule has 0 aliphatic rings. The van der Waals surface area contributed by atoms with Crippen LogP contribution in [0.5, 0.6) is 0 Å². The SMILES string of the molecule is C[Si](C)(C)N(/N=C/CCC/C=N/N(c1ccccc1)[Si](C)(C)C)c1ccccc1. The largest absolute Gasteiger partial charge is 0.296 e. The summed E-state index contributed by atoms with van der Waals surface area (Å²) in [6.45, 7) is 13.9. The van der Waals surface area contributed by atoms with E-state index in [2.05, 4.69) is 110 Å². The summed E-state index contributed by atoms with van der Waals surface area (Å²) >= 11 is 0. The molecule has 2 aromatic carbocycles. The molecule has 2 rings (SSSR count). The van der Waals surface area contributed by atoms with Gasteiger partial charge in [-0.1, -0.05) is 36.4 Å². The molecule has 0 aromatic heterocycles. The van der Waals surface area contributed by atoms with Crippen LogP contribution in [0.1, 0.15) is 19.3 Å². The Bertz CT molecular complexity index is 711. The molecule has 2 aromatic rings. The van der Waals surface area contributed by atoms with E-state index in [-0.39, 0.29) is 0 Å². The van der Waals surface area contributed by atoms with Crippen molar-refractivity contribution in [3.05, 3.63) is 60.7 Å². The van der Waals surface area contributed by atoms with Gasteiger partial charge in [0.2, 0.25) is 0 Å². The predicted octanol–water partition coefficient (Wildman–Crippen LogP) is 6.81. The topological polar surface area (TPSA) is 31.2 Å². The predicted molar refractivity (Wildman–Crippen MR) is 135 cm³/mol. The smallest absolute Gasteiger partial charge is 0.176 e. The highest BCUT2D eigenvalue weighted by molar-refractivity contribution is 6.80. The van der Waals surface area contributed by atoms with Crippen LogP contribution in [0.2, 0.25) is 39.3 Å². The Morgan fingerprint density at radius 3 is 1.28 bits per heavy atom. The molecule has 0 heterocycles. The third-order valence-corrected chi connectivity index (χ3v) is 7.62. The highest BCUT2D eigenvalue weighted by Gasteiger charge is 2.24. The number of unbranched alkanes of at least 4 members (excludes halogenated alkanes) is 2. The highest BCUT2D eigenvalue weighted by Crippen LogP contribution is 2.22. The van der Waals surface area contributed by atoms with Crippen LogP contribution in [-0.2, 0) is 0 Å². The second-order valence-corrected chi connectivity index (χ2v) is 18.7.